The molecule has 1 aliphatic heterocycles. The van der Waals surface area contributed by atoms with Crippen LogP contribution in [0.1, 0.15) is 23.7 Å². The Labute approximate surface area is 119 Å². The molecule has 0 amide bonds. The molecule has 0 atom stereocenters. The number of piperazine rings is 1. The third-order valence-electron chi connectivity index (χ3n) is 3.44. The van der Waals surface area contributed by atoms with Crippen molar-refractivity contribution in [1.29, 1.82) is 0 Å². The van der Waals surface area contributed by atoms with E-state index in [1.54, 1.807) is 12.1 Å². The number of ether oxygens (including phenoxy) is 1. The van der Waals surface area contributed by atoms with Crippen molar-refractivity contribution in [1.82, 2.24) is 10.2 Å². The molecule has 0 bridgehead atoms. The minimum atomic E-state index is -0.0393. The molecule has 1 heterocycles. The molecule has 110 valence electrons. The number of phenolic OH excluding ortho intramolecular Hbond substituents is 1. The van der Waals surface area contributed by atoms with E-state index in [2.05, 4.69) is 10.2 Å². The summed E-state index contributed by atoms with van der Waals surface area (Å²) in [7, 11) is 0. The van der Waals surface area contributed by atoms with Gasteiger partial charge in [0, 0.05) is 39.1 Å². The van der Waals surface area contributed by atoms with Crippen molar-refractivity contribution in [3.63, 3.8) is 0 Å². The van der Waals surface area contributed by atoms with Crippen molar-refractivity contribution in [3.05, 3.63) is 23.8 Å². The lowest BCUT2D eigenvalue weighted by Gasteiger charge is -2.26. The number of rotatable bonds is 6. The highest BCUT2D eigenvalue weighted by Gasteiger charge is 2.15. The van der Waals surface area contributed by atoms with Gasteiger partial charge in [0.1, 0.15) is 11.5 Å². The predicted octanol–water partition coefficient (Wildman–Crippen LogP) is 1.27. The van der Waals surface area contributed by atoms with Crippen LogP contribution < -0.4 is 10.1 Å². The van der Waals surface area contributed by atoms with Crippen LogP contribution in [-0.4, -0.2) is 55.1 Å². The zero-order chi connectivity index (χ0) is 14.4. The van der Waals surface area contributed by atoms with Crippen molar-refractivity contribution >= 4 is 5.78 Å². The highest BCUT2D eigenvalue weighted by atomic mass is 16.5. The van der Waals surface area contributed by atoms with Crippen LogP contribution in [0.4, 0.5) is 0 Å². The van der Waals surface area contributed by atoms with Crippen LogP contribution in [0, 0.1) is 0 Å². The Morgan fingerprint density at radius 3 is 2.85 bits per heavy atom. The Bertz CT molecular complexity index is 456. The minimum absolute atomic E-state index is 0.0266. The van der Waals surface area contributed by atoms with E-state index in [4.69, 9.17) is 4.74 Å². The number of hydrogen-bond donors (Lipinski definition) is 2. The van der Waals surface area contributed by atoms with Gasteiger partial charge in [-0.1, -0.05) is 0 Å². The van der Waals surface area contributed by atoms with Crippen LogP contribution in [0.3, 0.4) is 0 Å². The number of nitrogens with zero attached hydrogens (tertiary/aromatic N) is 1. The number of aromatic hydroxyl groups is 1. The highest BCUT2D eigenvalue weighted by Crippen LogP contribution is 2.24. The number of nitrogens with one attached hydrogen (secondary N) is 1. The van der Waals surface area contributed by atoms with Gasteiger partial charge in [-0.2, -0.15) is 0 Å². The van der Waals surface area contributed by atoms with Gasteiger partial charge in [0.15, 0.2) is 5.78 Å². The number of Topliss-reactive ketones (excluding diaryl/α,β-unsaturated/α-hetero) is 1. The third-order valence-corrected chi connectivity index (χ3v) is 3.44. The van der Waals surface area contributed by atoms with Crippen LogP contribution in [0.15, 0.2) is 18.2 Å². The highest BCUT2D eigenvalue weighted by molar-refractivity contribution is 5.99. The van der Waals surface area contributed by atoms with Crippen LogP contribution in [0.25, 0.3) is 0 Å². The van der Waals surface area contributed by atoms with Crippen LogP contribution >= 0.6 is 0 Å². The van der Waals surface area contributed by atoms with Gasteiger partial charge in [0.25, 0.3) is 0 Å². The number of carbonyl (C=O) groups excluding carboxylic acids is 1. The molecular weight excluding hydrogens is 256 g/mol. The van der Waals surface area contributed by atoms with E-state index in [1.165, 1.54) is 6.07 Å². The molecule has 5 heteroatoms. The summed E-state index contributed by atoms with van der Waals surface area (Å²) in [4.78, 5) is 14.5. The Kier molecular flexibility index (Phi) is 5.38. The summed E-state index contributed by atoms with van der Waals surface area (Å²) >= 11 is 0. The van der Waals surface area contributed by atoms with E-state index in [0.29, 0.717) is 24.3 Å². The van der Waals surface area contributed by atoms with Gasteiger partial charge < -0.3 is 20.1 Å². The Morgan fingerprint density at radius 2 is 2.15 bits per heavy atom. The maximum Gasteiger partial charge on any atom is 0.168 e. The second-order valence-electron chi connectivity index (χ2n) is 4.88. The minimum Gasteiger partial charge on any atom is -0.507 e. The lowest BCUT2D eigenvalue weighted by molar-refractivity contribution is 0.0957. The van der Waals surface area contributed by atoms with Gasteiger partial charge in [0.2, 0.25) is 0 Å². The normalized spacial score (nSPS) is 16.1. The van der Waals surface area contributed by atoms with Gasteiger partial charge in [-0.25, -0.2) is 0 Å². The number of phenols is 1. The van der Waals surface area contributed by atoms with Crippen molar-refractivity contribution in [2.24, 2.45) is 0 Å². The standard InChI is InChI=1S/C15H22N2O3/c1-2-20-12-3-4-14(18)13(11-12)15(19)5-8-17-9-6-16-7-10-17/h3-4,11,16,18H,2,5-10H2,1H3. The molecule has 1 aliphatic rings. The third kappa shape index (κ3) is 3.95. The molecule has 5 nitrogen and oxygen atoms in total. The quantitative estimate of drug-likeness (QED) is 0.767. The van der Waals surface area contributed by atoms with Crippen LogP contribution in [0.5, 0.6) is 11.5 Å². The van der Waals surface area contributed by atoms with Crippen molar-refractivity contribution in [2.75, 3.05) is 39.3 Å². The van der Waals surface area contributed by atoms with Crippen molar-refractivity contribution in [2.45, 2.75) is 13.3 Å². The first kappa shape index (κ1) is 14.8. The molecule has 0 aliphatic carbocycles. The molecule has 0 saturated carbocycles. The summed E-state index contributed by atoms with van der Waals surface area (Å²) in [6.07, 6.45) is 0.420. The molecule has 0 spiro atoms. The molecule has 1 saturated heterocycles. The molecule has 20 heavy (non-hydrogen) atoms. The lowest BCUT2D eigenvalue weighted by atomic mass is 10.1. The number of hydrogen-bond acceptors (Lipinski definition) is 5. The second kappa shape index (κ2) is 7.26. The molecule has 1 aromatic rings. The van der Waals surface area contributed by atoms with E-state index in [0.717, 1.165) is 32.7 Å². The van der Waals surface area contributed by atoms with E-state index < -0.39 is 0 Å². The monoisotopic (exact) mass is 278 g/mol. The molecule has 0 aromatic heterocycles. The average Bonchev–Trinajstić information content (AvgIpc) is 2.48. The smallest absolute Gasteiger partial charge is 0.168 e. The maximum atomic E-state index is 12.2. The summed E-state index contributed by atoms with van der Waals surface area (Å²) in [5.74, 6) is 0.608. The van der Waals surface area contributed by atoms with Gasteiger partial charge >= 0.3 is 0 Å². The Morgan fingerprint density at radius 1 is 1.40 bits per heavy atom. The number of ketones is 1. The topological polar surface area (TPSA) is 61.8 Å². The summed E-state index contributed by atoms with van der Waals surface area (Å²) in [5.41, 5.74) is 0.353. The van der Waals surface area contributed by atoms with Gasteiger partial charge in [-0.3, -0.25) is 4.79 Å². The van der Waals surface area contributed by atoms with Crippen molar-refractivity contribution < 1.29 is 14.6 Å². The Balaban J connectivity index is 1.95. The first-order valence-corrected chi connectivity index (χ1v) is 7.13. The summed E-state index contributed by atoms with van der Waals surface area (Å²) in [6, 6.07) is 4.81. The molecule has 0 radical (unpaired) electrons. The molecule has 0 unspecified atom stereocenters. The first-order chi connectivity index (χ1) is 9.70. The SMILES string of the molecule is CCOc1ccc(O)c(C(=O)CCN2CCNCC2)c1. The maximum absolute atomic E-state index is 12.2. The second-order valence-corrected chi connectivity index (χ2v) is 4.88. The van der Waals surface area contributed by atoms with Gasteiger partial charge in [-0.15, -0.1) is 0 Å². The number of carbonyl (C=O) groups is 1. The molecule has 1 fully saturated rings. The molecule has 2 rings (SSSR count). The summed E-state index contributed by atoms with van der Waals surface area (Å²) in [6.45, 7) is 7.05. The van der Waals surface area contributed by atoms with E-state index in [1.807, 2.05) is 6.92 Å². The number of benzene rings is 1. The summed E-state index contributed by atoms with van der Waals surface area (Å²) < 4.78 is 5.36. The fraction of sp³-hybridized carbons (Fsp3) is 0.533. The molecule has 1 aromatic carbocycles. The lowest BCUT2D eigenvalue weighted by Crippen LogP contribution is -2.44. The fourth-order valence-electron chi connectivity index (χ4n) is 2.32. The van der Waals surface area contributed by atoms with Crippen LogP contribution in [-0.2, 0) is 0 Å². The zero-order valence-corrected chi connectivity index (χ0v) is 11.9. The fourth-order valence-corrected chi connectivity index (χ4v) is 2.32. The molecular formula is C15H22N2O3. The van der Waals surface area contributed by atoms with E-state index in [9.17, 15) is 9.90 Å². The van der Waals surface area contributed by atoms with E-state index in [-0.39, 0.29) is 11.5 Å². The van der Waals surface area contributed by atoms with Crippen LogP contribution in [0.2, 0.25) is 0 Å². The Hall–Kier alpha value is -1.59. The van der Waals surface area contributed by atoms with Gasteiger partial charge in [-0.05, 0) is 25.1 Å². The predicted molar refractivity (Wildman–Crippen MR) is 77.5 cm³/mol. The van der Waals surface area contributed by atoms with Crippen molar-refractivity contribution in [3.8, 4) is 11.5 Å². The zero-order valence-electron chi connectivity index (χ0n) is 11.9. The average molecular weight is 278 g/mol. The largest absolute Gasteiger partial charge is 0.507 e. The van der Waals surface area contributed by atoms with Gasteiger partial charge in [0.05, 0.1) is 12.2 Å². The summed E-state index contributed by atoms with van der Waals surface area (Å²) in [5, 5.41) is 13.1. The van der Waals surface area contributed by atoms with E-state index >= 15 is 0 Å². The molecule has 2 N–H and O–H groups in total. The first-order valence-electron chi connectivity index (χ1n) is 7.13.